The molecule has 2 heterocycles. The molecule has 1 aromatic carbocycles. The third-order valence-electron chi connectivity index (χ3n) is 4.61. The third kappa shape index (κ3) is 2.60. The second-order valence-corrected chi connectivity index (χ2v) is 6.23. The number of carbonyl (C=O) groups excluding carboxylic acids is 1. The van der Waals surface area contributed by atoms with Gasteiger partial charge in [0.15, 0.2) is 0 Å². The highest BCUT2D eigenvalue weighted by Gasteiger charge is 2.64. The van der Waals surface area contributed by atoms with Crippen molar-refractivity contribution in [1.82, 2.24) is 0 Å². The molecule has 2 aliphatic heterocycles. The first kappa shape index (κ1) is 14.9. The lowest BCUT2D eigenvalue weighted by Crippen LogP contribution is -2.15. The van der Waals surface area contributed by atoms with Crippen molar-refractivity contribution in [1.29, 1.82) is 0 Å². The molecule has 3 aliphatic rings. The van der Waals surface area contributed by atoms with Crippen LogP contribution in [-0.2, 0) is 19.0 Å². The zero-order valence-electron chi connectivity index (χ0n) is 13.1. The predicted octanol–water partition coefficient (Wildman–Crippen LogP) is 2.34. The molecule has 5 atom stereocenters. The van der Waals surface area contributed by atoms with Crippen LogP contribution in [0.4, 0.5) is 4.39 Å². The van der Waals surface area contributed by atoms with Gasteiger partial charge in [-0.25, -0.2) is 4.39 Å². The van der Waals surface area contributed by atoms with Crippen molar-refractivity contribution in [2.24, 2.45) is 5.92 Å². The highest BCUT2D eigenvalue weighted by Crippen LogP contribution is 2.60. The van der Waals surface area contributed by atoms with E-state index >= 15 is 0 Å². The van der Waals surface area contributed by atoms with Gasteiger partial charge in [-0.15, -0.1) is 0 Å². The normalized spacial score (nSPS) is 30.9. The molecule has 6 heteroatoms. The molecular weight excluding hydrogens is 303 g/mol. The van der Waals surface area contributed by atoms with E-state index in [4.69, 9.17) is 18.9 Å². The number of carbonyl (C=O) groups is 1. The summed E-state index contributed by atoms with van der Waals surface area (Å²) in [5.41, 5.74) is 1.44. The number of benzene rings is 1. The Kier molecular flexibility index (Phi) is 3.54. The molecule has 1 saturated heterocycles. The monoisotopic (exact) mass is 322 g/mol. The van der Waals surface area contributed by atoms with Gasteiger partial charge < -0.3 is 18.9 Å². The Morgan fingerprint density at radius 1 is 1.48 bits per heavy atom. The van der Waals surface area contributed by atoms with Crippen LogP contribution in [0.2, 0.25) is 0 Å². The van der Waals surface area contributed by atoms with Crippen molar-refractivity contribution < 1.29 is 28.1 Å². The van der Waals surface area contributed by atoms with Gasteiger partial charge in [-0.3, -0.25) is 4.79 Å². The van der Waals surface area contributed by atoms with E-state index in [0.29, 0.717) is 24.5 Å². The van der Waals surface area contributed by atoms with Crippen LogP contribution in [0.3, 0.4) is 0 Å². The van der Waals surface area contributed by atoms with Crippen LogP contribution in [0.5, 0.6) is 5.75 Å². The van der Waals surface area contributed by atoms with Crippen LogP contribution in [0, 0.1) is 11.7 Å². The van der Waals surface area contributed by atoms with Crippen LogP contribution >= 0.6 is 0 Å². The average molecular weight is 322 g/mol. The Labute approximate surface area is 133 Å². The molecule has 23 heavy (non-hydrogen) atoms. The molecule has 0 N–H and O–H groups in total. The Balaban J connectivity index is 1.54. The van der Waals surface area contributed by atoms with Gasteiger partial charge in [0, 0.05) is 17.0 Å². The van der Waals surface area contributed by atoms with E-state index in [-0.39, 0.29) is 41.9 Å². The van der Waals surface area contributed by atoms with Crippen molar-refractivity contribution in [3.63, 3.8) is 0 Å². The van der Waals surface area contributed by atoms with Crippen LogP contribution in [0.15, 0.2) is 12.1 Å². The van der Waals surface area contributed by atoms with Crippen molar-refractivity contribution >= 4 is 5.97 Å². The first-order valence-electron chi connectivity index (χ1n) is 8.00. The summed E-state index contributed by atoms with van der Waals surface area (Å²) < 4.78 is 35.8. The SMILES string of the molecule is CCOC(=O)[C@@H]1[C@H]2Oc3c(cc(F)cc3[C@@H](C)OC[C@H]3CO3)[C@H]21. The van der Waals surface area contributed by atoms with E-state index in [1.54, 1.807) is 6.92 Å². The maximum absolute atomic E-state index is 14.0. The summed E-state index contributed by atoms with van der Waals surface area (Å²) in [7, 11) is 0. The zero-order valence-corrected chi connectivity index (χ0v) is 13.1. The summed E-state index contributed by atoms with van der Waals surface area (Å²) in [6, 6.07) is 2.90. The fourth-order valence-electron chi connectivity index (χ4n) is 3.28. The van der Waals surface area contributed by atoms with Gasteiger partial charge in [-0.1, -0.05) is 0 Å². The van der Waals surface area contributed by atoms with Gasteiger partial charge in [0.25, 0.3) is 0 Å². The summed E-state index contributed by atoms with van der Waals surface area (Å²) in [5, 5.41) is 0. The number of halogens is 1. The maximum Gasteiger partial charge on any atom is 0.313 e. The van der Waals surface area contributed by atoms with E-state index in [9.17, 15) is 9.18 Å². The lowest BCUT2D eigenvalue weighted by molar-refractivity contribution is -0.145. The molecule has 124 valence electrons. The first-order valence-corrected chi connectivity index (χ1v) is 8.00. The zero-order chi connectivity index (χ0) is 16.1. The first-order chi connectivity index (χ1) is 11.1. The Bertz CT molecular complexity index is 642. The number of hydrogen-bond acceptors (Lipinski definition) is 5. The second-order valence-electron chi connectivity index (χ2n) is 6.23. The molecule has 1 saturated carbocycles. The molecule has 4 rings (SSSR count). The molecule has 1 aliphatic carbocycles. The van der Waals surface area contributed by atoms with Gasteiger partial charge in [0.05, 0.1) is 25.9 Å². The fourth-order valence-corrected chi connectivity index (χ4v) is 3.28. The summed E-state index contributed by atoms with van der Waals surface area (Å²) in [6.07, 6.45) is -0.368. The fraction of sp³-hybridized carbons (Fsp3) is 0.588. The van der Waals surface area contributed by atoms with Gasteiger partial charge in [0.2, 0.25) is 0 Å². The van der Waals surface area contributed by atoms with Crippen LogP contribution in [0.1, 0.15) is 37.0 Å². The van der Waals surface area contributed by atoms with Crippen molar-refractivity contribution in [2.45, 2.75) is 38.1 Å². The molecule has 0 spiro atoms. The number of rotatable bonds is 6. The van der Waals surface area contributed by atoms with Gasteiger partial charge in [-0.2, -0.15) is 0 Å². The number of esters is 1. The van der Waals surface area contributed by atoms with Gasteiger partial charge in [-0.05, 0) is 26.0 Å². The summed E-state index contributed by atoms with van der Waals surface area (Å²) in [4.78, 5) is 11.9. The molecule has 0 amide bonds. The lowest BCUT2D eigenvalue weighted by atomic mass is 10.0. The van der Waals surface area contributed by atoms with Gasteiger partial charge >= 0.3 is 5.97 Å². The quantitative estimate of drug-likeness (QED) is 0.594. The smallest absolute Gasteiger partial charge is 0.313 e. The molecule has 0 radical (unpaired) electrons. The minimum atomic E-state index is -0.337. The molecule has 0 unspecified atom stereocenters. The molecule has 0 aromatic heterocycles. The highest BCUT2D eigenvalue weighted by atomic mass is 19.1. The van der Waals surface area contributed by atoms with E-state index in [1.165, 1.54) is 12.1 Å². The summed E-state index contributed by atoms with van der Waals surface area (Å²) >= 11 is 0. The van der Waals surface area contributed by atoms with Crippen LogP contribution in [-0.4, -0.2) is 38.0 Å². The Hall–Kier alpha value is -1.66. The van der Waals surface area contributed by atoms with Crippen molar-refractivity contribution in [2.75, 3.05) is 19.8 Å². The third-order valence-corrected chi connectivity index (χ3v) is 4.61. The van der Waals surface area contributed by atoms with E-state index < -0.39 is 0 Å². The highest BCUT2D eigenvalue weighted by molar-refractivity contribution is 5.81. The van der Waals surface area contributed by atoms with Crippen molar-refractivity contribution in [3.05, 3.63) is 29.1 Å². The van der Waals surface area contributed by atoms with Crippen LogP contribution < -0.4 is 4.74 Å². The number of fused-ring (bicyclic) bond motifs is 3. The maximum atomic E-state index is 14.0. The van der Waals surface area contributed by atoms with E-state index in [2.05, 4.69) is 0 Å². The second kappa shape index (κ2) is 5.46. The predicted molar refractivity (Wildman–Crippen MR) is 77.8 cm³/mol. The minimum absolute atomic E-state index is 0.0996. The van der Waals surface area contributed by atoms with E-state index in [0.717, 1.165) is 12.2 Å². The molecule has 5 nitrogen and oxygen atoms in total. The molecule has 0 bridgehead atoms. The topological polar surface area (TPSA) is 57.3 Å². The number of ether oxygens (including phenoxy) is 4. The molecule has 2 fully saturated rings. The minimum Gasteiger partial charge on any atom is -0.488 e. The standard InChI is InChI=1S/C17H19FO5/c1-3-20-17(19)14-13-12-5-9(18)4-11(15(12)23-16(13)14)8(2)21-6-10-7-22-10/h4-5,8,10,13-14,16H,3,6-7H2,1-2H3/t8-,10+,13+,14+,16+/m1/s1. The Morgan fingerprint density at radius 2 is 2.26 bits per heavy atom. The number of hydrogen-bond donors (Lipinski definition) is 0. The molecular formula is C17H19FO5. The number of epoxide rings is 1. The summed E-state index contributed by atoms with van der Waals surface area (Å²) in [6.45, 7) is 5.18. The largest absolute Gasteiger partial charge is 0.488 e. The average Bonchev–Trinajstić information content (AvgIpc) is 3.42. The molecule has 1 aromatic rings. The van der Waals surface area contributed by atoms with Crippen LogP contribution in [0.25, 0.3) is 0 Å². The Morgan fingerprint density at radius 3 is 2.96 bits per heavy atom. The van der Waals surface area contributed by atoms with Crippen molar-refractivity contribution in [3.8, 4) is 5.75 Å². The van der Waals surface area contributed by atoms with Gasteiger partial charge in [0.1, 0.15) is 29.7 Å². The van der Waals surface area contributed by atoms with E-state index in [1.807, 2.05) is 6.92 Å². The lowest BCUT2D eigenvalue weighted by Gasteiger charge is -2.18. The summed E-state index contributed by atoms with van der Waals surface area (Å²) in [5.74, 6) is -0.360.